The molecule has 0 N–H and O–H groups in total. The molecule has 0 saturated heterocycles. The topological polar surface area (TPSA) is 60.4 Å². The molecule has 0 spiro atoms. The van der Waals surface area contributed by atoms with E-state index in [1.54, 1.807) is 0 Å². The lowest BCUT2D eigenvalue weighted by Gasteiger charge is -2.06. The van der Waals surface area contributed by atoms with E-state index in [-0.39, 0.29) is 20.0 Å². The Hall–Kier alpha value is -0.300. The van der Waals surface area contributed by atoms with Crippen LogP contribution in [0.2, 0.25) is 5.02 Å². The molecule has 0 aliphatic carbocycles. The van der Waals surface area contributed by atoms with Gasteiger partial charge in [0, 0.05) is 15.2 Å². The number of hydrogen-bond donors (Lipinski definition) is 0. The summed E-state index contributed by atoms with van der Waals surface area (Å²) in [5, 5.41) is 0.0657. The first-order chi connectivity index (χ1) is 7.27. The number of rotatable bonds is 2. The Kier molecular flexibility index (Phi) is 4.23. The Balaban J connectivity index is 3.51. The Bertz CT molecular complexity index is 541. The van der Waals surface area contributed by atoms with E-state index < -0.39 is 15.0 Å². The maximum absolute atomic E-state index is 11.3. The molecule has 0 aliphatic heterocycles. The minimum absolute atomic E-state index is 0.0657. The highest BCUT2D eigenvalue weighted by Gasteiger charge is 2.19. The zero-order valence-electron chi connectivity index (χ0n) is 7.83. The van der Waals surface area contributed by atoms with Gasteiger partial charge in [-0.1, -0.05) is 11.6 Å². The van der Waals surface area contributed by atoms with Crippen LogP contribution in [-0.4, -0.2) is 21.5 Å². The van der Waals surface area contributed by atoms with Crippen molar-refractivity contribution in [2.75, 3.05) is 7.11 Å². The molecule has 0 fully saturated rings. The molecule has 0 bridgehead atoms. The van der Waals surface area contributed by atoms with Crippen molar-refractivity contribution in [1.29, 1.82) is 0 Å². The van der Waals surface area contributed by atoms with Gasteiger partial charge in [0.15, 0.2) is 0 Å². The minimum Gasteiger partial charge on any atom is -0.465 e. The number of benzene rings is 1. The fourth-order valence-electron chi connectivity index (χ4n) is 0.963. The van der Waals surface area contributed by atoms with Crippen LogP contribution in [0.15, 0.2) is 21.5 Å². The van der Waals surface area contributed by atoms with Crippen molar-refractivity contribution in [3.63, 3.8) is 0 Å². The molecule has 88 valence electrons. The van der Waals surface area contributed by atoms with Crippen LogP contribution in [0.25, 0.3) is 0 Å². The van der Waals surface area contributed by atoms with Gasteiger partial charge in [0.1, 0.15) is 0 Å². The van der Waals surface area contributed by atoms with E-state index in [2.05, 4.69) is 20.7 Å². The highest BCUT2D eigenvalue weighted by atomic mass is 79.9. The van der Waals surface area contributed by atoms with E-state index >= 15 is 0 Å². The molecule has 1 aromatic rings. The molecule has 0 unspecified atom stereocenters. The molecule has 0 amide bonds. The fourth-order valence-corrected chi connectivity index (χ4v) is 2.55. The van der Waals surface area contributed by atoms with Crippen LogP contribution < -0.4 is 0 Å². The predicted molar refractivity (Wildman–Crippen MR) is 63.5 cm³/mol. The van der Waals surface area contributed by atoms with Crippen molar-refractivity contribution >= 4 is 53.2 Å². The Labute approximate surface area is 110 Å². The van der Waals surface area contributed by atoms with Gasteiger partial charge in [0.2, 0.25) is 0 Å². The van der Waals surface area contributed by atoms with Gasteiger partial charge in [-0.25, -0.2) is 13.2 Å². The summed E-state index contributed by atoms with van der Waals surface area (Å²) in [6, 6.07) is 2.26. The molecule has 8 heteroatoms. The van der Waals surface area contributed by atoms with E-state index in [0.29, 0.717) is 0 Å². The van der Waals surface area contributed by atoms with Crippen LogP contribution in [0.1, 0.15) is 10.4 Å². The summed E-state index contributed by atoms with van der Waals surface area (Å²) in [5.74, 6) is -0.743. The summed E-state index contributed by atoms with van der Waals surface area (Å²) in [6.45, 7) is 0. The molecular weight excluding hydrogens is 343 g/mol. The van der Waals surface area contributed by atoms with Crippen molar-refractivity contribution in [2.45, 2.75) is 4.90 Å². The molecule has 1 aromatic carbocycles. The third kappa shape index (κ3) is 2.88. The number of methoxy groups -OCH3 is 1. The van der Waals surface area contributed by atoms with Gasteiger partial charge in [-0.15, -0.1) is 0 Å². The Morgan fingerprint density at radius 3 is 2.44 bits per heavy atom. The Morgan fingerprint density at radius 2 is 2.00 bits per heavy atom. The summed E-state index contributed by atoms with van der Waals surface area (Å²) < 4.78 is 26.9. The average Bonchev–Trinajstić information content (AvgIpc) is 2.19. The van der Waals surface area contributed by atoms with Crippen LogP contribution in [0.5, 0.6) is 0 Å². The first-order valence-electron chi connectivity index (χ1n) is 3.79. The van der Waals surface area contributed by atoms with E-state index in [1.165, 1.54) is 6.07 Å². The number of ether oxygens (including phenoxy) is 1. The van der Waals surface area contributed by atoms with Crippen LogP contribution in [0, 0.1) is 0 Å². The molecular formula is C8H5BrCl2O4S. The van der Waals surface area contributed by atoms with E-state index in [9.17, 15) is 13.2 Å². The van der Waals surface area contributed by atoms with Crippen LogP contribution in [0.4, 0.5) is 0 Å². The molecule has 16 heavy (non-hydrogen) atoms. The van der Waals surface area contributed by atoms with Crippen LogP contribution in [-0.2, 0) is 13.8 Å². The monoisotopic (exact) mass is 346 g/mol. The lowest BCUT2D eigenvalue weighted by molar-refractivity contribution is 0.0600. The van der Waals surface area contributed by atoms with Crippen molar-refractivity contribution in [3.8, 4) is 0 Å². The van der Waals surface area contributed by atoms with Crippen molar-refractivity contribution < 1.29 is 17.9 Å². The van der Waals surface area contributed by atoms with E-state index in [1.807, 2.05) is 0 Å². The predicted octanol–water partition coefficient (Wildman–Crippen LogP) is 2.82. The zero-order valence-corrected chi connectivity index (χ0v) is 11.7. The average molecular weight is 348 g/mol. The zero-order chi connectivity index (χ0) is 12.5. The third-order valence-electron chi connectivity index (χ3n) is 1.69. The first kappa shape index (κ1) is 13.8. The molecule has 1 rings (SSSR count). The summed E-state index contributed by atoms with van der Waals surface area (Å²) in [7, 11) is 2.39. The lowest BCUT2D eigenvalue weighted by atomic mass is 10.2. The summed E-state index contributed by atoms with van der Waals surface area (Å²) in [5.41, 5.74) is -0.0715. The molecule has 0 saturated carbocycles. The minimum atomic E-state index is -3.93. The molecule has 0 aliphatic rings. The summed E-state index contributed by atoms with van der Waals surface area (Å²) in [4.78, 5) is 11.1. The number of hydrogen-bond acceptors (Lipinski definition) is 4. The number of carbonyl (C=O) groups excluding carboxylic acids is 1. The lowest BCUT2D eigenvalue weighted by Crippen LogP contribution is -2.04. The van der Waals surface area contributed by atoms with Gasteiger partial charge in [0.05, 0.1) is 22.6 Å². The van der Waals surface area contributed by atoms with Crippen molar-refractivity contribution in [1.82, 2.24) is 0 Å². The van der Waals surface area contributed by atoms with Crippen LogP contribution in [0.3, 0.4) is 0 Å². The van der Waals surface area contributed by atoms with Crippen molar-refractivity contribution in [3.05, 3.63) is 27.2 Å². The molecule has 0 aromatic heterocycles. The van der Waals surface area contributed by atoms with Gasteiger partial charge >= 0.3 is 5.97 Å². The maximum Gasteiger partial charge on any atom is 0.339 e. The molecule has 4 nitrogen and oxygen atoms in total. The maximum atomic E-state index is 11.3. The smallest absolute Gasteiger partial charge is 0.339 e. The van der Waals surface area contributed by atoms with Gasteiger partial charge in [0.25, 0.3) is 9.05 Å². The number of carbonyl (C=O) groups is 1. The van der Waals surface area contributed by atoms with Gasteiger partial charge in [-0.2, -0.15) is 0 Å². The summed E-state index contributed by atoms with van der Waals surface area (Å²) in [6.07, 6.45) is 0. The summed E-state index contributed by atoms with van der Waals surface area (Å²) >= 11 is 8.83. The quantitative estimate of drug-likeness (QED) is 0.609. The number of halogens is 3. The third-order valence-corrected chi connectivity index (χ3v) is 4.28. The standard InChI is InChI=1S/C8H5BrCl2O4S/c1-15-8(12)5-2-4(16(11,13)14)3-6(9)7(5)10/h2-3H,1H3. The fraction of sp³-hybridized carbons (Fsp3) is 0.125. The highest BCUT2D eigenvalue weighted by molar-refractivity contribution is 9.10. The second kappa shape index (κ2) is 4.91. The van der Waals surface area contributed by atoms with E-state index in [4.69, 9.17) is 22.3 Å². The highest BCUT2D eigenvalue weighted by Crippen LogP contribution is 2.31. The van der Waals surface area contributed by atoms with Crippen molar-refractivity contribution in [2.24, 2.45) is 0 Å². The second-order valence-corrected chi connectivity index (χ2v) is 6.49. The van der Waals surface area contributed by atoms with Gasteiger partial charge < -0.3 is 4.74 Å². The van der Waals surface area contributed by atoms with Gasteiger partial charge in [-0.3, -0.25) is 0 Å². The second-order valence-electron chi connectivity index (χ2n) is 2.70. The SMILES string of the molecule is COC(=O)c1cc(S(=O)(=O)Cl)cc(Br)c1Cl. The number of esters is 1. The van der Waals surface area contributed by atoms with Gasteiger partial charge in [-0.05, 0) is 28.1 Å². The van der Waals surface area contributed by atoms with Crippen LogP contribution >= 0.6 is 38.2 Å². The molecule has 0 radical (unpaired) electrons. The first-order valence-corrected chi connectivity index (χ1v) is 7.27. The normalized spacial score (nSPS) is 11.2. The Morgan fingerprint density at radius 1 is 1.44 bits per heavy atom. The largest absolute Gasteiger partial charge is 0.465 e. The molecule has 0 heterocycles. The molecule has 0 atom stereocenters. The van der Waals surface area contributed by atoms with E-state index in [0.717, 1.165) is 13.2 Å².